The minimum absolute atomic E-state index is 0.0184. The first-order valence-corrected chi connectivity index (χ1v) is 13.5. The summed E-state index contributed by atoms with van der Waals surface area (Å²) in [6.45, 7) is 3.14. The lowest BCUT2D eigenvalue weighted by atomic mass is 10.1. The van der Waals surface area contributed by atoms with Gasteiger partial charge in [-0.15, -0.1) is 11.3 Å². The number of carbonyl (C=O) groups is 1. The zero-order valence-corrected chi connectivity index (χ0v) is 19.7. The van der Waals surface area contributed by atoms with Crippen LogP contribution in [0.5, 0.6) is 0 Å². The maximum Gasteiger partial charge on any atom is 0.254 e. The molecule has 32 heavy (non-hydrogen) atoms. The van der Waals surface area contributed by atoms with Crippen LogP contribution in [0.1, 0.15) is 60.4 Å². The molecule has 0 saturated carbocycles. The zero-order valence-electron chi connectivity index (χ0n) is 18.1. The Morgan fingerprint density at radius 3 is 2.69 bits per heavy atom. The van der Waals surface area contributed by atoms with Crippen molar-refractivity contribution in [3.63, 3.8) is 0 Å². The summed E-state index contributed by atoms with van der Waals surface area (Å²) >= 11 is 1.63. The van der Waals surface area contributed by atoms with Gasteiger partial charge < -0.3 is 4.90 Å². The van der Waals surface area contributed by atoms with Gasteiger partial charge in [0.2, 0.25) is 10.0 Å². The van der Waals surface area contributed by atoms with Gasteiger partial charge in [-0.25, -0.2) is 13.4 Å². The second kappa shape index (κ2) is 8.57. The largest absolute Gasteiger partial charge is 0.329 e. The van der Waals surface area contributed by atoms with E-state index in [1.54, 1.807) is 39.9 Å². The van der Waals surface area contributed by atoms with E-state index in [0.29, 0.717) is 18.7 Å². The first-order chi connectivity index (χ1) is 15.4. The maximum absolute atomic E-state index is 13.5. The monoisotopic (exact) mass is 469 g/mol. The van der Waals surface area contributed by atoms with Crippen molar-refractivity contribution in [2.24, 2.45) is 0 Å². The second-order valence-corrected chi connectivity index (χ2v) is 11.6. The number of nitrogens with zero attached hydrogens (tertiary/aromatic N) is 3. The van der Waals surface area contributed by atoms with E-state index in [1.165, 1.54) is 0 Å². The van der Waals surface area contributed by atoms with E-state index in [-0.39, 0.29) is 22.9 Å². The van der Waals surface area contributed by atoms with Crippen LogP contribution in [0, 0.1) is 0 Å². The van der Waals surface area contributed by atoms with Gasteiger partial charge in [-0.3, -0.25) is 4.79 Å². The molecule has 2 atom stereocenters. The van der Waals surface area contributed by atoms with Crippen molar-refractivity contribution in [2.75, 3.05) is 13.1 Å². The van der Waals surface area contributed by atoms with Crippen LogP contribution in [-0.4, -0.2) is 47.6 Å². The number of carbonyl (C=O) groups excluding carboxylic acids is 1. The molecule has 1 amide bonds. The average Bonchev–Trinajstić information content (AvgIpc) is 3.45. The van der Waals surface area contributed by atoms with Crippen LogP contribution >= 0.6 is 11.3 Å². The van der Waals surface area contributed by atoms with Crippen LogP contribution in [0.2, 0.25) is 0 Å². The Morgan fingerprint density at radius 1 is 1.03 bits per heavy atom. The highest BCUT2D eigenvalue weighted by Gasteiger charge is 2.34. The fraction of sp³-hybridized carbons (Fsp3) is 0.417. The molecule has 2 aliphatic heterocycles. The number of fused-ring (bicyclic) bond motifs is 1. The highest BCUT2D eigenvalue weighted by Crippen LogP contribution is 2.37. The predicted molar refractivity (Wildman–Crippen MR) is 126 cm³/mol. The Kier molecular flexibility index (Phi) is 5.77. The molecule has 2 aliphatic rings. The Morgan fingerprint density at radius 2 is 1.88 bits per heavy atom. The van der Waals surface area contributed by atoms with E-state index in [4.69, 9.17) is 4.98 Å². The smallest absolute Gasteiger partial charge is 0.254 e. The van der Waals surface area contributed by atoms with Gasteiger partial charge in [0.1, 0.15) is 5.01 Å². The number of benzene rings is 2. The molecule has 2 unspecified atom stereocenters. The maximum atomic E-state index is 13.5. The summed E-state index contributed by atoms with van der Waals surface area (Å²) in [5.41, 5.74) is 1.37. The molecule has 2 fully saturated rings. The Balaban J connectivity index is 1.43. The minimum atomic E-state index is -3.62. The normalized spacial score (nSPS) is 22.5. The lowest BCUT2D eigenvalue weighted by Crippen LogP contribution is -2.42. The summed E-state index contributed by atoms with van der Waals surface area (Å²) in [6.07, 6.45) is 4.58. The Labute approximate surface area is 192 Å². The summed E-state index contributed by atoms with van der Waals surface area (Å²) in [5, 5.41) is 0.947. The van der Waals surface area contributed by atoms with E-state index in [1.807, 2.05) is 36.1 Å². The zero-order chi connectivity index (χ0) is 22.3. The average molecular weight is 470 g/mol. The van der Waals surface area contributed by atoms with Crippen LogP contribution < -0.4 is 0 Å². The molecule has 3 heterocycles. The highest BCUT2D eigenvalue weighted by atomic mass is 32.2. The van der Waals surface area contributed by atoms with Crippen molar-refractivity contribution < 1.29 is 13.2 Å². The summed E-state index contributed by atoms with van der Waals surface area (Å²) in [4.78, 5) is 20.3. The number of sulfonamides is 1. The van der Waals surface area contributed by atoms with E-state index in [2.05, 4.69) is 0 Å². The lowest BCUT2D eigenvalue weighted by Gasteiger charge is -2.32. The third-order valence-electron chi connectivity index (χ3n) is 6.54. The molecule has 5 rings (SSSR count). The van der Waals surface area contributed by atoms with Gasteiger partial charge in [-0.1, -0.05) is 24.6 Å². The number of rotatable bonds is 4. The van der Waals surface area contributed by atoms with E-state index in [9.17, 15) is 13.2 Å². The van der Waals surface area contributed by atoms with E-state index in [0.717, 1.165) is 47.3 Å². The van der Waals surface area contributed by atoms with E-state index < -0.39 is 10.0 Å². The van der Waals surface area contributed by atoms with Crippen molar-refractivity contribution in [3.8, 4) is 0 Å². The van der Waals surface area contributed by atoms with Crippen LogP contribution in [0.4, 0.5) is 0 Å². The molecule has 8 heteroatoms. The third kappa shape index (κ3) is 3.84. The SMILES string of the molecule is CC1CCCCN1S(=O)(=O)c1cccc(C(=O)N2CCCC2c2nc3ccccc3s2)c1. The molecule has 0 radical (unpaired) electrons. The van der Waals surface area contributed by atoms with Crippen molar-refractivity contribution in [1.82, 2.24) is 14.2 Å². The molecular formula is C24H27N3O3S2. The van der Waals surface area contributed by atoms with Crippen LogP contribution in [0.15, 0.2) is 53.4 Å². The van der Waals surface area contributed by atoms with Crippen molar-refractivity contribution in [1.29, 1.82) is 0 Å². The van der Waals surface area contributed by atoms with Crippen molar-refractivity contribution in [3.05, 3.63) is 59.1 Å². The fourth-order valence-corrected chi connectivity index (χ4v) is 7.68. The molecule has 168 valence electrons. The van der Waals surface area contributed by atoms with Gasteiger partial charge >= 0.3 is 0 Å². The standard InChI is InChI=1S/C24H27N3O3S2/c1-17-8-4-5-15-27(17)32(29,30)19-10-6-9-18(16-19)24(28)26-14-7-12-21(26)23-25-20-11-2-3-13-22(20)31-23/h2-3,6,9-11,13,16-17,21H,4-5,7-8,12,14-15H2,1H3. The minimum Gasteiger partial charge on any atom is -0.329 e. The number of hydrogen-bond acceptors (Lipinski definition) is 5. The van der Waals surface area contributed by atoms with Gasteiger partial charge in [0.25, 0.3) is 5.91 Å². The fourth-order valence-electron chi connectivity index (χ4n) is 4.82. The van der Waals surface area contributed by atoms with Gasteiger partial charge in [0.05, 0.1) is 21.2 Å². The van der Waals surface area contributed by atoms with Crippen molar-refractivity contribution in [2.45, 2.75) is 56.0 Å². The molecule has 0 N–H and O–H groups in total. The summed E-state index contributed by atoms with van der Waals surface area (Å²) in [7, 11) is -3.62. The number of aromatic nitrogens is 1. The number of piperidine rings is 1. The topological polar surface area (TPSA) is 70.6 Å². The first-order valence-electron chi connectivity index (χ1n) is 11.2. The first kappa shape index (κ1) is 21.6. The highest BCUT2D eigenvalue weighted by molar-refractivity contribution is 7.89. The van der Waals surface area contributed by atoms with Gasteiger partial charge in [0.15, 0.2) is 0 Å². The lowest BCUT2D eigenvalue weighted by molar-refractivity contribution is 0.0735. The Hall–Kier alpha value is -2.29. The van der Waals surface area contributed by atoms with Crippen LogP contribution in [0.25, 0.3) is 10.2 Å². The van der Waals surface area contributed by atoms with E-state index >= 15 is 0 Å². The summed E-state index contributed by atoms with van der Waals surface area (Å²) < 4.78 is 29.2. The molecule has 1 aromatic heterocycles. The molecule has 2 saturated heterocycles. The molecule has 3 aromatic rings. The number of thiazole rings is 1. The van der Waals surface area contributed by atoms with Crippen LogP contribution in [0.3, 0.4) is 0 Å². The summed E-state index contributed by atoms with van der Waals surface area (Å²) in [6, 6.07) is 14.5. The van der Waals surface area contributed by atoms with Gasteiger partial charge in [-0.05, 0) is 62.9 Å². The molecule has 0 bridgehead atoms. The summed E-state index contributed by atoms with van der Waals surface area (Å²) in [5.74, 6) is -0.129. The predicted octanol–water partition coefficient (Wildman–Crippen LogP) is 4.84. The molecule has 0 aliphatic carbocycles. The number of likely N-dealkylation sites (tertiary alicyclic amines) is 1. The quantitative estimate of drug-likeness (QED) is 0.548. The molecule has 2 aromatic carbocycles. The second-order valence-electron chi connectivity index (χ2n) is 8.66. The molecular weight excluding hydrogens is 442 g/mol. The Bertz CT molecular complexity index is 1220. The van der Waals surface area contributed by atoms with Gasteiger partial charge in [0, 0.05) is 24.7 Å². The number of hydrogen-bond donors (Lipinski definition) is 0. The number of para-hydroxylation sites is 1. The van der Waals surface area contributed by atoms with Gasteiger partial charge in [-0.2, -0.15) is 4.31 Å². The van der Waals surface area contributed by atoms with Crippen molar-refractivity contribution >= 4 is 37.5 Å². The van der Waals surface area contributed by atoms with Crippen LogP contribution in [-0.2, 0) is 10.0 Å². The molecule has 6 nitrogen and oxygen atoms in total. The third-order valence-corrected chi connectivity index (χ3v) is 9.69. The molecule has 0 spiro atoms. The number of amides is 1.